The van der Waals surface area contributed by atoms with Crippen molar-refractivity contribution in [2.45, 2.75) is 18.9 Å². The van der Waals surface area contributed by atoms with E-state index in [9.17, 15) is 9.59 Å². The average Bonchev–Trinajstić information content (AvgIpc) is 2.59. The molecule has 0 saturated carbocycles. The number of carbonyl (C=O) groups is 2. The van der Waals surface area contributed by atoms with E-state index in [2.05, 4.69) is 9.97 Å². The lowest BCUT2D eigenvalue weighted by Gasteiger charge is -2.28. The van der Waals surface area contributed by atoms with Gasteiger partial charge in [-0.15, -0.1) is 0 Å². The summed E-state index contributed by atoms with van der Waals surface area (Å²) in [4.78, 5) is 34.2. The van der Waals surface area contributed by atoms with Gasteiger partial charge in [0.05, 0.1) is 11.4 Å². The van der Waals surface area contributed by atoms with Gasteiger partial charge in [0, 0.05) is 17.8 Å². The van der Waals surface area contributed by atoms with E-state index >= 15 is 0 Å². The Balaban J connectivity index is 1.76. The number of rotatable bonds is 5. The van der Waals surface area contributed by atoms with Crippen molar-refractivity contribution in [2.75, 3.05) is 23.8 Å². The van der Waals surface area contributed by atoms with Gasteiger partial charge in [0.25, 0.3) is 5.91 Å². The second kappa shape index (κ2) is 7.00. The molecule has 1 aromatic heterocycles. The van der Waals surface area contributed by atoms with Crippen molar-refractivity contribution in [2.24, 2.45) is 0 Å². The first-order valence-corrected chi connectivity index (χ1v) is 8.59. The van der Waals surface area contributed by atoms with E-state index in [1.807, 2.05) is 19.9 Å². The Morgan fingerprint density at radius 2 is 2.17 bits per heavy atom. The van der Waals surface area contributed by atoms with Crippen LogP contribution < -0.4 is 9.64 Å². The Labute approximate surface area is 144 Å². The Morgan fingerprint density at radius 1 is 1.33 bits per heavy atom. The number of ether oxygens (including phenoxy) is 1. The van der Waals surface area contributed by atoms with Crippen LogP contribution in [-0.2, 0) is 4.79 Å². The molecule has 1 aromatic carbocycles. The van der Waals surface area contributed by atoms with E-state index in [1.165, 1.54) is 18.1 Å². The first-order valence-electron chi connectivity index (χ1n) is 7.60. The summed E-state index contributed by atoms with van der Waals surface area (Å²) in [6.07, 6.45) is 1.49. The molecular formula is C17H17N3O3S. The Morgan fingerprint density at radius 3 is 2.92 bits per heavy atom. The third kappa shape index (κ3) is 3.41. The predicted octanol–water partition coefficient (Wildman–Crippen LogP) is 2.51. The van der Waals surface area contributed by atoms with E-state index in [4.69, 9.17) is 4.74 Å². The number of aromatic nitrogens is 2. The lowest BCUT2D eigenvalue weighted by Crippen LogP contribution is -2.38. The number of benzene rings is 1. The van der Waals surface area contributed by atoms with Crippen LogP contribution in [0.15, 0.2) is 35.6 Å². The molecule has 2 heterocycles. The third-order valence-corrected chi connectivity index (χ3v) is 4.60. The minimum atomic E-state index is -0.0968. The summed E-state index contributed by atoms with van der Waals surface area (Å²) < 4.78 is 5.42. The molecule has 0 aliphatic carbocycles. The van der Waals surface area contributed by atoms with Crippen molar-refractivity contribution < 1.29 is 14.3 Å². The largest absolute Gasteiger partial charge is 0.482 e. The molecule has 24 heavy (non-hydrogen) atoms. The highest BCUT2D eigenvalue weighted by atomic mass is 32.2. The molecule has 2 aromatic rings. The lowest BCUT2D eigenvalue weighted by atomic mass is 10.1. The van der Waals surface area contributed by atoms with Crippen molar-refractivity contribution in [3.05, 3.63) is 41.9 Å². The fraction of sp³-hybridized carbons (Fsp3) is 0.294. The molecule has 0 unspecified atom stereocenters. The van der Waals surface area contributed by atoms with Crippen LogP contribution in [0.4, 0.5) is 5.69 Å². The summed E-state index contributed by atoms with van der Waals surface area (Å²) >= 11 is 1.37. The monoisotopic (exact) mass is 343 g/mol. The van der Waals surface area contributed by atoms with Gasteiger partial charge in [0.1, 0.15) is 17.1 Å². The zero-order valence-corrected chi connectivity index (χ0v) is 14.3. The molecule has 0 radical (unpaired) electrons. The van der Waals surface area contributed by atoms with Crippen LogP contribution in [0, 0.1) is 6.92 Å². The molecule has 1 aliphatic heterocycles. The molecule has 0 fully saturated rings. The Hall–Kier alpha value is -2.41. The topological polar surface area (TPSA) is 72.4 Å². The number of Topliss-reactive ketones (excluding diaryl/α,β-unsaturated/α-hetero) is 1. The number of aryl methyl sites for hydroxylation is 1. The number of likely N-dealkylation sites (N-methyl/N-ethyl adjacent to an activating group) is 1. The maximum Gasteiger partial charge on any atom is 0.265 e. The maximum atomic E-state index is 12.5. The molecule has 0 N–H and O–H groups in total. The van der Waals surface area contributed by atoms with Crippen LogP contribution in [0.5, 0.6) is 5.75 Å². The maximum absolute atomic E-state index is 12.5. The molecular weight excluding hydrogens is 326 g/mol. The lowest BCUT2D eigenvalue weighted by molar-refractivity contribution is -0.121. The van der Waals surface area contributed by atoms with Gasteiger partial charge in [-0.3, -0.25) is 9.59 Å². The van der Waals surface area contributed by atoms with Crippen molar-refractivity contribution in [1.82, 2.24) is 9.97 Å². The summed E-state index contributed by atoms with van der Waals surface area (Å²) in [7, 11) is 0. The van der Waals surface area contributed by atoms with Gasteiger partial charge < -0.3 is 9.64 Å². The number of hydrogen-bond donors (Lipinski definition) is 0. The molecule has 0 saturated heterocycles. The van der Waals surface area contributed by atoms with E-state index in [0.717, 1.165) is 10.7 Å². The van der Waals surface area contributed by atoms with Crippen molar-refractivity contribution >= 4 is 29.1 Å². The Kier molecular flexibility index (Phi) is 4.80. The molecule has 6 nitrogen and oxygen atoms in total. The highest BCUT2D eigenvalue weighted by Crippen LogP contribution is 2.33. The van der Waals surface area contributed by atoms with E-state index in [-0.39, 0.29) is 24.1 Å². The standard InChI is InChI=1S/C17H17N3O3S/c1-3-20-13-7-12(4-5-15(13)23-8-17(20)22)14(21)9-24-16-6-11(2)18-10-19-16/h4-7,10H,3,8-9H2,1-2H3. The molecule has 0 bridgehead atoms. The quantitative estimate of drug-likeness (QED) is 0.472. The van der Waals surface area contributed by atoms with Gasteiger partial charge in [-0.05, 0) is 38.1 Å². The highest BCUT2D eigenvalue weighted by molar-refractivity contribution is 7.99. The highest BCUT2D eigenvalue weighted by Gasteiger charge is 2.25. The van der Waals surface area contributed by atoms with E-state index in [1.54, 1.807) is 23.1 Å². The number of hydrogen-bond acceptors (Lipinski definition) is 6. The zero-order chi connectivity index (χ0) is 17.1. The molecule has 7 heteroatoms. The summed E-state index contributed by atoms with van der Waals surface area (Å²) in [5.41, 5.74) is 2.08. The van der Waals surface area contributed by atoms with Crippen LogP contribution >= 0.6 is 11.8 Å². The van der Waals surface area contributed by atoms with Gasteiger partial charge >= 0.3 is 0 Å². The van der Waals surface area contributed by atoms with Crippen LogP contribution in [-0.4, -0.2) is 40.6 Å². The summed E-state index contributed by atoms with van der Waals surface area (Å²) in [5, 5.41) is 0.766. The van der Waals surface area contributed by atoms with Gasteiger partial charge in [-0.2, -0.15) is 0 Å². The van der Waals surface area contributed by atoms with E-state index < -0.39 is 0 Å². The molecule has 0 atom stereocenters. The van der Waals surface area contributed by atoms with Crippen molar-refractivity contribution in [1.29, 1.82) is 0 Å². The number of nitrogens with zero attached hydrogens (tertiary/aromatic N) is 3. The zero-order valence-electron chi connectivity index (χ0n) is 13.5. The number of amides is 1. The molecule has 1 aliphatic rings. The smallest absolute Gasteiger partial charge is 0.265 e. The second-order valence-electron chi connectivity index (χ2n) is 5.32. The van der Waals surface area contributed by atoms with Gasteiger partial charge in [0.15, 0.2) is 12.4 Å². The van der Waals surface area contributed by atoms with Crippen molar-refractivity contribution in [3.63, 3.8) is 0 Å². The minimum Gasteiger partial charge on any atom is -0.482 e. The normalized spacial score (nSPS) is 13.4. The number of carbonyl (C=O) groups excluding carboxylic acids is 2. The fourth-order valence-corrected chi connectivity index (χ4v) is 3.28. The predicted molar refractivity (Wildman–Crippen MR) is 91.8 cm³/mol. The second-order valence-corrected chi connectivity index (χ2v) is 6.31. The number of ketones is 1. The van der Waals surface area contributed by atoms with Crippen molar-refractivity contribution in [3.8, 4) is 5.75 Å². The average molecular weight is 343 g/mol. The van der Waals surface area contributed by atoms with Crippen LogP contribution in [0.1, 0.15) is 23.0 Å². The Bertz CT molecular complexity index is 794. The van der Waals surface area contributed by atoms with Gasteiger partial charge in [-0.25, -0.2) is 9.97 Å². The molecule has 3 rings (SSSR count). The molecule has 1 amide bonds. The number of thioether (sulfide) groups is 1. The summed E-state index contributed by atoms with van der Waals surface area (Å²) in [6, 6.07) is 7.05. The first-order chi connectivity index (χ1) is 11.6. The van der Waals surface area contributed by atoms with Crippen LogP contribution in [0.2, 0.25) is 0 Å². The molecule has 124 valence electrons. The molecule has 0 spiro atoms. The third-order valence-electron chi connectivity index (χ3n) is 3.67. The fourth-order valence-electron chi connectivity index (χ4n) is 2.45. The first kappa shape index (κ1) is 16.4. The van der Waals surface area contributed by atoms with Crippen LogP contribution in [0.3, 0.4) is 0 Å². The van der Waals surface area contributed by atoms with Gasteiger partial charge in [-0.1, -0.05) is 11.8 Å². The number of fused-ring (bicyclic) bond motifs is 1. The van der Waals surface area contributed by atoms with E-state index in [0.29, 0.717) is 23.5 Å². The minimum absolute atomic E-state index is 0.0202. The summed E-state index contributed by atoms with van der Waals surface area (Å²) in [6.45, 7) is 4.36. The van der Waals surface area contributed by atoms with Crippen LogP contribution in [0.25, 0.3) is 0 Å². The van der Waals surface area contributed by atoms with Gasteiger partial charge in [0.2, 0.25) is 0 Å². The number of anilines is 1. The summed E-state index contributed by atoms with van der Waals surface area (Å²) in [5.74, 6) is 0.788. The SMILES string of the molecule is CCN1C(=O)COc2ccc(C(=O)CSc3cc(C)ncn3)cc21.